The molecule has 4 aromatic rings. The number of fused-ring (bicyclic) bond motifs is 2. The van der Waals surface area contributed by atoms with E-state index < -0.39 is 0 Å². The summed E-state index contributed by atoms with van der Waals surface area (Å²) in [6.07, 6.45) is 2.97. The first-order valence-corrected chi connectivity index (χ1v) is 14.3. The van der Waals surface area contributed by atoms with Crippen LogP contribution in [0.1, 0.15) is 44.1 Å². The minimum absolute atomic E-state index is 0.288. The summed E-state index contributed by atoms with van der Waals surface area (Å²) < 4.78 is 0. The highest BCUT2D eigenvalue weighted by Gasteiger charge is 2.42. The second-order valence-corrected chi connectivity index (χ2v) is 11.9. The van der Waals surface area contributed by atoms with Gasteiger partial charge in [-0.2, -0.15) is 5.10 Å². The normalized spacial score (nSPS) is 19.5. The van der Waals surface area contributed by atoms with E-state index in [1.165, 1.54) is 11.4 Å². The molecule has 39 heavy (non-hydrogen) atoms. The van der Waals surface area contributed by atoms with Crippen LogP contribution >= 0.6 is 0 Å². The second kappa shape index (κ2) is 10.1. The Morgan fingerprint density at radius 3 is 2.69 bits per heavy atom. The van der Waals surface area contributed by atoms with Crippen molar-refractivity contribution in [3.63, 3.8) is 0 Å². The zero-order valence-corrected chi connectivity index (χ0v) is 23.9. The van der Waals surface area contributed by atoms with Crippen molar-refractivity contribution in [2.45, 2.75) is 58.2 Å². The predicted molar refractivity (Wildman–Crippen MR) is 157 cm³/mol. The number of likely N-dealkylation sites (N-methyl/N-ethyl adjacent to an activating group) is 1. The summed E-state index contributed by atoms with van der Waals surface area (Å²) in [6, 6.07) is 12.5. The molecule has 2 aliphatic rings. The number of aromatic amines is 2. The number of aromatic nitrogens is 4. The van der Waals surface area contributed by atoms with Crippen LogP contribution in [0.4, 0.5) is 0 Å². The van der Waals surface area contributed by atoms with Gasteiger partial charge in [-0.3, -0.25) is 14.9 Å². The Morgan fingerprint density at radius 1 is 1.13 bits per heavy atom. The molecule has 2 aromatic carbocycles. The average molecular weight is 528 g/mol. The number of H-pyrrole nitrogens is 2. The highest BCUT2D eigenvalue weighted by molar-refractivity contribution is 5.94. The number of phenolic OH excluding ortho intramolecular Hbond substituents is 1. The molecule has 0 bridgehead atoms. The largest absolute Gasteiger partial charge is 0.508 e. The van der Waals surface area contributed by atoms with E-state index in [9.17, 15) is 5.11 Å². The lowest BCUT2D eigenvalue weighted by Gasteiger charge is -2.53. The number of phenols is 1. The van der Waals surface area contributed by atoms with Gasteiger partial charge in [0.1, 0.15) is 11.4 Å². The van der Waals surface area contributed by atoms with Crippen LogP contribution in [0, 0.1) is 0 Å². The molecule has 0 spiro atoms. The number of hydrogen-bond donors (Lipinski definition) is 3. The number of hydrogen-bond acceptors (Lipinski definition) is 6. The number of aryl methyl sites for hydroxylation is 1. The number of likely N-dealkylation sites (tertiary alicyclic amines) is 1. The smallest absolute Gasteiger partial charge is 0.159 e. The summed E-state index contributed by atoms with van der Waals surface area (Å²) in [5, 5.41) is 18.9. The molecule has 1 fully saturated rings. The molecule has 3 N–H and O–H groups in total. The van der Waals surface area contributed by atoms with E-state index in [1.807, 2.05) is 12.1 Å². The summed E-state index contributed by atoms with van der Waals surface area (Å²) in [7, 11) is 4.38. The van der Waals surface area contributed by atoms with Crippen molar-refractivity contribution in [2.24, 2.45) is 0 Å². The van der Waals surface area contributed by atoms with Crippen molar-refractivity contribution in [1.29, 1.82) is 0 Å². The van der Waals surface area contributed by atoms with Crippen molar-refractivity contribution in [3.05, 3.63) is 53.3 Å². The summed E-state index contributed by atoms with van der Waals surface area (Å²) in [6.45, 7) is 12.1. The molecule has 0 unspecified atom stereocenters. The van der Waals surface area contributed by atoms with Crippen LogP contribution in [0.15, 0.2) is 36.4 Å². The van der Waals surface area contributed by atoms with E-state index in [4.69, 9.17) is 10.1 Å². The predicted octanol–water partition coefficient (Wildman–Crippen LogP) is 4.66. The van der Waals surface area contributed by atoms with Crippen molar-refractivity contribution in [1.82, 2.24) is 34.9 Å². The number of nitrogens with zero attached hydrogens (tertiary/aromatic N) is 5. The quantitative estimate of drug-likeness (QED) is 0.309. The van der Waals surface area contributed by atoms with Gasteiger partial charge in [-0.05, 0) is 81.4 Å². The summed E-state index contributed by atoms with van der Waals surface area (Å²) in [4.78, 5) is 16.3. The number of rotatable bonds is 8. The van der Waals surface area contributed by atoms with Crippen molar-refractivity contribution in [2.75, 3.05) is 40.3 Å². The molecule has 8 heteroatoms. The van der Waals surface area contributed by atoms with Crippen molar-refractivity contribution in [3.8, 4) is 28.4 Å². The Kier molecular flexibility index (Phi) is 6.73. The summed E-state index contributed by atoms with van der Waals surface area (Å²) in [5.41, 5.74) is 7.93. The van der Waals surface area contributed by atoms with Crippen LogP contribution in [0.25, 0.3) is 33.5 Å². The van der Waals surface area contributed by atoms with Crippen LogP contribution in [0.2, 0.25) is 0 Å². The van der Waals surface area contributed by atoms with E-state index in [0.29, 0.717) is 11.8 Å². The van der Waals surface area contributed by atoms with Crippen LogP contribution < -0.4 is 0 Å². The topological polar surface area (TPSA) is 87.3 Å². The van der Waals surface area contributed by atoms with Gasteiger partial charge in [0.25, 0.3) is 0 Å². The van der Waals surface area contributed by atoms with Gasteiger partial charge >= 0.3 is 0 Å². The molecule has 4 heterocycles. The van der Waals surface area contributed by atoms with Gasteiger partial charge < -0.3 is 15.0 Å². The number of nitrogens with one attached hydrogen (secondary N) is 2. The van der Waals surface area contributed by atoms with Crippen LogP contribution in [-0.2, 0) is 19.4 Å². The lowest BCUT2D eigenvalue weighted by Crippen LogP contribution is -2.68. The van der Waals surface area contributed by atoms with E-state index in [-0.39, 0.29) is 5.54 Å². The maximum Gasteiger partial charge on any atom is 0.159 e. The van der Waals surface area contributed by atoms with Crippen LogP contribution in [-0.4, -0.2) is 91.8 Å². The highest BCUT2D eigenvalue weighted by atomic mass is 16.3. The van der Waals surface area contributed by atoms with E-state index in [2.05, 4.69) is 77.8 Å². The molecule has 2 aromatic heterocycles. The monoisotopic (exact) mass is 527 g/mol. The number of aromatic hydroxyl groups is 1. The maximum atomic E-state index is 9.91. The van der Waals surface area contributed by atoms with Gasteiger partial charge in [0.2, 0.25) is 0 Å². The molecule has 0 saturated carbocycles. The molecule has 2 aliphatic heterocycles. The van der Waals surface area contributed by atoms with Gasteiger partial charge in [0.15, 0.2) is 5.82 Å². The third-order valence-corrected chi connectivity index (χ3v) is 8.93. The zero-order valence-electron chi connectivity index (χ0n) is 23.9. The summed E-state index contributed by atoms with van der Waals surface area (Å²) >= 11 is 0. The lowest BCUT2D eigenvalue weighted by molar-refractivity contribution is -0.0326. The molecule has 8 nitrogen and oxygen atoms in total. The van der Waals surface area contributed by atoms with E-state index >= 15 is 0 Å². The Hall–Kier alpha value is -3.20. The first-order chi connectivity index (χ1) is 18.8. The standard InChI is InChI=1S/C31H41N7O/c1-6-12-38-17-28-27(15-22(38)16-37-18-31(3,19-37)36(4)5)32-30(33-28)29-25-10-8-21(14-26(25)34-35-29)24-11-9-23(39)13-20(24)7-2/h8-11,13-14,22,39H,6-7,12,15-19H2,1-5H3,(H,32,33)(H,34,35)/t22-/m0/s1. The van der Waals surface area contributed by atoms with Crippen LogP contribution in [0.3, 0.4) is 0 Å². The van der Waals surface area contributed by atoms with Crippen molar-refractivity contribution < 1.29 is 5.11 Å². The van der Waals surface area contributed by atoms with E-state index in [1.54, 1.807) is 6.07 Å². The fourth-order valence-corrected chi connectivity index (χ4v) is 6.42. The summed E-state index contributed by atoms with van der Waals surface area (Å²) in [5.74, 6) is 1.15. The first-order valence-electron chi connectivity index (χ1n) is 14.3. The maximum absolute atomic E-state index is 9.91. The molecule has 1 atom stereocenters. The number of imidazole rings is 1. The Labute approximate surface area is 231 Å². The molecule has 0 aliphatic carbocycles. The lowest BCUT2D eigenvalue weighted by atomic mass is 9.89. The molecule has 206 valence electrons. The fourth-order valence-electron chi connectivity index (χ4n) is 6.42. The Bertz CT molecular complexity index is 1480. The zero-order chi connectivity index (χ0) is 27.3. The first kappa shape index (κ1) is 26.0. The van der Waals surface area contributed by atoms with Gasteiger partial charge in [-0.15, -0.1) is 0 Å². The number of benzene rings is 2. The van der Waals surface area contributed by atoms with Gasteiger partial charge in [0, 0.05) is 49.6 Å². The third kappa shape index (κ3) is 4.75. The Morgan fingerprint density at radius 2 is 1.95 bits per heavy atom. The molecule has 6 rings (SSSR count). The molecule has 1 saturated heterocycles. The van der Waals surface area contributed by atoms with E-state index in [0.717, 1.165) is 91.1 Å². The highest BCUT2D eigenvalue weighted by Crippen LogP contribution is 2.34. The van der Waals surface area contributed by atoms with Gasteiger partial charge in [-0.25, -0.2) is 4.98 Å². The fraction of sp³-hybridized carbons (Fsp3) is 0.484. The van der Waals surface area contributed by atoms with Gasteiger partial charge in [-0.1, -0.05) is 26.0 Å². The minimum atomic E-state index is 0.288. The second-order valence-electron chi connectivity index (χ2n) is 11.9. The van der Waals surface area contributed by atoms with Crippen LogP contribution in [0.5, 0.6) is 5.75 Å². The average Bonchev–Trinajstić information content (AvgIpc) is 3.50. The molecular formula is C31H41N7O. The van der Waals surface area contributed by atoms with Gasteiger partial charge in [0.05, 0.1) is 16.9 Å². The minimum Gasteiger partial charge on any atom is -0.508 e. The van der Waals surface area contributed by atoms with Crippen molar-refractivity contribution >= 4 is 10.9 Å². The SMILES string of the molecule is CCCN1Cc2[nH]c(-c3n[nH]c4cc(-c5ccc(O)cc5CC)ccc34)nc2C[C@H]1CN1CC(C)(N(C)C)C1. The third-order valence-electron chi connectivity index (χ3n) is 8.93. The molecular weight excluding hydrogens is 486 g/mol. The molecule has 0 radical (unpaired) electrons. The molecule has 0 amide bonds. The Balaban J connectivity index is 1.25.